The number of carbonyl (C=O) groups is 1. The number of aromatic nitrogens is 2. The van der Waals surface area contributed by atoms with Crippen LogP contribution >= 0.6 is 23.2 Å². The number of nitrogens with zero attached hydrogens (tertiary/aromatic N) is 3. The third kappa shape index (κ3) is 4.30. The third-order valence-electron chi connectivity index (χ3n) is 4.71. The van der Waals surface area contributed by atoms with Crippen LogP contribution < -0.4 is 4.74 Å². The van der Waals surface area contributed by atoms with Gasteiger partial charge in [-0.3, -0.25) is 0 Å². The van der Waals surface area contributed by atoms with E-state index in [2.05, 4.69) is 5.10 Å². The zero-order valence-corrected chi connectivity index (χ0v) is 18.0. The molecule has 0 aliphatic rings. The van der Waals surface area contributed by atoms with Gasteiger partial charge < -0.3 is 9.84 Å². The quantitative estimate of drug-likeness (QED) is 0.379. The molecule has 1 heterocycles. The van der Waals surface area contributed by atoms with Crippen molar-refractivity contribution in [2.75, 3.05) is 0 Å². The van der Waals surface area contributed by atoms with Crippen molar-refractivity contribution in [1.29, 1.82) is 5.26 Å². The Morgan fingerprint density at radius 3 is 2.41 bits per heavy atom. The maximum absolute atomic E-state index is 11.7. The summed E-state index contributed by atoms with van der Waals surface area (Å²) in [5.74, 6) is -0.681. The number of carboxylic acids is 1. The Bertz CT molecular complexity index is 1330. The molecule has 0 fully saturated rings. The summed E-state index contributed by atoms with van der Waals surface area (Å²) in [6.45, 7) is 0.408. The Kier molecular flexibility index (Phi) is 6.13. The molecule has 6 nitrogen and oxygen atoms in total. The van der Waals surface area contributed by atoms with Gasteiger partial charge in [0.05, 0.1) is 16.4 Å². The van der Waals surface area contributed by atoms with Gasteiger partial charge in [0.1, 0.15) is 24.0 Å². The second-order valence-electron chi connectivity index (χ2n) is 6.80. The summed E-state index contributed by atoms with van der Waals surface area (Å²) in [6.07, 6.45) is 0. The average molecular weight is 464 g/mol. The monoisotopic (exact) mass is 463 g/mol. The van der Waals surface area contributed by atoms with Crippen molar-refractivity contribution in [3.63, 3.8) is 0 Å². The zero-order valence-electron chi connectivity index (χ0n) is 16.5. The van der Waals surface area contributed by atoms with Crippen LogP contribution in [0, 0.1) is 11.3 Å². The molecule has 0 amide bonds. The molecule has 32 heavy (non-hydrogen) atoms. The van der Waals surface area contributed by atoms with Gasteiger partial charge >= 0.3 is 5.97 Å². The van der Waals surface area contributed by atoms with Crippen LogP contribution in [0.1, 0.15) is 21.6 Å². The molecule has 0 aliphatic heterocycles. The first-order chi connectivity index (χ1) is 15.5. The van der Waals surface area contributed by atoms with Crippen molar-refractivity contribution in [3.8, 4) is 28.8 Å². The van der Waals surface area contributed by atoms with Gasteiger partial charge in [0.2, 0.25) is 0 Å². The van der Waals surface area contributed by atoms with E-state index in [4.69, 9.17) is 27.9 Å². The minimum atomic E-state index is -1.31. The highest BCUT2D eigenvalue weighted by molar-refractivity contribution is 6.35. The number of carboxylic acid groups (broad SMARTS) is 1. The molecule has 0 bridgehead atoms. The van der Waals surface area contributed by atoms with Crippen molar-refractivity contribution < 1.29 is 14.6 Å². The average Bonchev–Trinajstić information content (AvgIpc) is 3.18. The lowest BCUT2D eigenvalue weighted by Crippen LogP contribution is -2.03. The molecule has 0 radical (unpaired) electrons. The van der Waals surface area contributed by atoms with Gasteiger partial charge in [-0.1, -0.05) is 53.5 Å². The van der Waals surface area contributed by atoms with E-state index in [9.17, 15) is 15.2 Å². The van der Waals surface area contributed by atoms with E-state index in [1.807, 2.05) is 36.4 Å². The molecule has 1 aromatic heterocycles. The molecular weight excluding hydrogens is 449 g/mol. The van der Waals surface area contributed by atoms with Crippen LogP contribution in [-0.2, 0) is 6.61 Å². The van der Waals surface area contributed by atoms with E-state index in [0.717, 1.165) is 5.56 Å². The molecule has 8 heteroatoms. The molecule has 0 saturated heterocycles. The first-order valence-electron chi connectivity index (χ1n) is 9.47. The van der Waals surface area contributed by atoms with Crippen molar-refractivity contribution >= 4 is 29.2 Å². The summed E-state index contributed by atoms with van der Waals surface area (Å²) >= 11 is 12.3. The second kappa shape index (κ2) is 9.15. The summed E-state index contributed by atoms with van der Waals surface area (Å²) in [4.78, 5) is 11.7. The number of nitriles is 1. The molecule has 0 unspecified atom stereocenters. The lowest BCUT2D eigenvalue weighted by atomic mass is 10.1. The van der Waals surface area contributed by atoms with Crippen molar-refractivity contribution in [2.24, 2.45) is 0 Å². The van der Waals surface area contributed by atoms with Gasteiger partial charge in [0.15, 0.2) is 5.69 Å². The number of rotatable bonds is 6. The lowest BCUT2D eigenvalue weighted by Gasteiger charge is -2.11. The van der Waals surface area contributed by atoms with Crippen molar-refractivity contribution in [1.82, 2.24) is 9.78 Å². The molecule has 0 saturated carbocycles. The summed E-state index contributed by atoms with van der Waals surface area (Å²) < 4.78 is 7.16. The number of ether oxygens (including phenoxy) is 1. The molecular formula is C24H15Cl2N3O3. The van der Waals surface area contributed by atoms with Crippen LogP contribution in [0.15, 0.2) is 72.8 Å². The van der Waals surface area contributed by atoms with Crippen LogP contribution in [0.2, 0.25) is 10.0 Å². The van der Waals surface area contributed by atoms with Gasteiger partial charge in [-0.2, -0.15) is 10.4 Å². The maximum atomic E-state index is 11.7. The Hall–Kier alpha value is -3.79. The van der Waals surface area contributed by atoms with Crippen LogP contribution in [0.3, 0.4) is 0 Å². The van der Waals surface area contributed by atoms with Gasteiger partial charge in [-0.25, -0.2) is 9.48 Å². The molecule has 4 rings (SSSR count). The number of hydrogen-bond acceptors (Lipinski definition) is 4. The molecule has 3 aromatic carbocycles. The van der Waals surface area contributed by atoms with Gasteiger partial charge in [0, 0.05) is 10.6 Å². The smallest absolute Gasteiger partial charge is 0.357 e. The van der Waals surface area contributed by atoms with Crippen LogP contribution in [0.5, 0.6) is 5.75 Å². The van der Waals surface area contributed by atoms with E-state index in [1.165, 1.54) is 10.7 Å². The number of aromatic carboxylic acids is 1. The fourth-order valence-electron chi connectivity index (χ4n) is 3.22. The highest BCUT2D eigenvalue weighted by Crippen LogP contribution is 2.33. The van der Waals surface area contributed by atoms with E-state index in [-0.39, 0.29) is 16.3 Å². The molecule has 158 valence electrons. The van der Waals surface area contributed by atoms with Crippen molar-refractivity contribution in [2.45, 2.75) is 6.61 Å². The minimum absolute atomic E-state index is 0.0681. The van der Waals surface area contributed by atoms with Gasteiger partial charge in [0.25, 0.3) is 0 Å². The Morgan fingerprint density at radius 1 is 1.06 bits per heavy atom. The number of halogens is 2. The summed E-state index contributed by atoms with van der Waals surface area (Å²) in [6, 6.07) is 23.4. The van der Waals surface area contributed by atoms with Crippen LogP contribution in [0.4, 0.5) is 0 Å². The predicted molar refractivity (Wildman–Crippen MR) is 121 cm³/mol. The minimum Gasteiger partial charge on any atom is -0.489 e. The molecule has 0 atom stereocenters. The molecule has 1 N–H and O–H groups in total. The first-order valence-corrected chi connectivity index (χ1v) is 10.2. The van der Waals surface area contributed by atoms with E-state index < -0.39 is 5.97 Å². The van der Waals surface area contributed by atoms with E-state index in [0.29, 0.717) is 34.3 Å². The Balaban J connectivity index is 1.75. The number of hydrogen-bond donors (Lipinski definition) is 1. The zero-order chi connectivity index (χ0) is 22.7. The van der Waals surface area contributed by atoms with Gasteiger partial charge in [-0.05, 0) is 48.0 Å². The standard InChI is InChI=1S/C24H15Cl2N3O3/c25-17-8-11-21(20(26)12-17)29-23(19(13-27)22(28-29)24(30)31)16-6-9-18(10-7-16)32-14-15-4-2-1-3-5-15/h1-12H,14H2,(H,30,31). The fourth-order valence-corrected chi connectivity index (χ4v) is 3.71. The van der Waals surface area contributed by atoms with E-state index in [1.54, 1.807) is 36.4 Å². The third-order valence-corrected chi connectivity index (χ3v) is 5.25. The predicted octanol–water partition coefficient (Wildman–Crippen LogP) is 5.99. The lowest BCUT2D eigenvalue weighted by molar-refractivity contribution is 0.0689. The molecule has 0 aliphatic carbocycles. The second-order valence-corrected chi connectivity index (χ2v) is 7.64. The van der Waals surface area contributed by atoms with Crippen molar-refractivity contribution in [3.05, 3.63) is 99.7 Å². The summed E-state index contributed by atoms with van der Waals surface area (Å²) in [7, 11) is 0. The Labute approximate surface area is 193 Å². The first kappa shape index (κ1) is 21.4. The highest BCUT2D eigenvalue weighted by Gasteiger charge is 2.25. The normalized spacial score (nSPS) is 10.5. The fraction of sp³-hybridized carbons (Fsp3) is 0.0417. The number of benzene rings is 3. The summed E-state index contributed by atoms with van der Waals surface area (Å²) in [5.41, 5.74) is 1.90. The SMILES string of the molecule is N#Cc1c(C(=O)O)nn(-c2ccc(Cl)cc2Cl)c1-c1ccc(OCc2ccccc2)cc1. The largest absolute Gasteiger partial charge is 0.489 e. The van der Waals surface area contributed by atoms with Crippen LogP contribution in [-0.4, -0.2) is 20.9 Å². The highest BCUT2D eigenvalue weighted by atomic mass is 35.5. The summed E-state index contributed by atoms with van der Waals surface area (Å²) in [5, 5.41) is 24.1. The Morgan fingerprint density at radius 2 is 1.78 bits per heavy atom. The maximum Gasteiger partial charge on any atom is 0.357 e. The molecule has 4 aromatic rings. The van der Waals surface area contributed by atoms with Gasteiger partial charge in [-0.15, -0.1) is 0 Å². The van der Waals surface area contributed by atoms with Crippen LogP contribution in [0.25, 0.3) is 16.9 Å². The van der Waals surface area contributed by atoms with E-state index >= 15 is 0 Å². The molecule has 0 spiro atoms. The topological polar surface area (TPSA) is 88.1 Å².